The highest BCUT2D eigenvalue weighted by Gasteiger charge is 2.33. The zero-order chi connectivity index (χ0) is 27.4. The molecule has 2 heterocycles. The minimum Gasteiger partial charge on any atom is -0.466 e. The second-order valence-electron chi connectivity index (χ2n) is 9.00. The Balaban J connectivity index is 1.54. The molecule has 0 bridgehead atoms. The second-order valence-corrected chi connectivity index (χ2v) is 12.6. The molecular weight excluding hydrogens is 548 g/mol. The largest absolute Gasteiger partial charge is 0.466 e. The van der Waals surface area contributed by atoms with Crippen molar-refractivity contribution in [2.45, 2.75) is 18.7 Å². The average molecular weight is 579 g/mol. The number of rotatable bonds is 8. The first-order valence-electron chi connectivity index (χ1n) is 12.3. The summed E-state index contributed by atoms with van der Waals surface area (Å²) in [5.74, 6) is -1.92. The second kappa shape index (κ2) is 11.9. The van der Waals surface area contributed by atoms with Crippen LogP contribution in [0.2, 0.25) is 4.34 Å². The summed E-state index contributed by atoms with van der Waals surface area (Å²) in [4.78, 5) is 27.6. The lowest BCUT2D eigenvalue weighted by Crippen LogP contribution is -2.43. The van der Waals surface area contributed by atoms with E-state index in [-0.39, 0.29) is 32.6 Å². The number of benzene rings is 1. The maximum atomic E-state index is 13.6. The summed E-state index contributed by atoms with van der Waals surface area (Å²) in [5.41, 5.74) is 1.97. The standard InChI is InChI=1S/C26H31ClN4O5S2/c1-4-36-26(33)20-6-5-7-21(17(20)2)29-25(32)24-22(16-23(27)37-24)38(34,35)30(3)18-8-10-19(11-9-18)31-14-12-28-13-15-31/h5-11,16-17,20,28H,4,12-15H2,1-3H3,(H,29,32). The first-order valence-corrected chi connectivity index (χ1v) is 15.0. The van der Waals surface area contributed by atoms with Gasteiger partial charge in [0.2, 0.25) is 0 Å². The van der Waals surface area contributed by atoms with Gasteiger partial charge >= 0.3 is 5.97 Å². The Morgan fingerprint density at radius 3 is 2.58 bits per heavy atom. The maximum Gasteiger partial charge on any atom is 0.313 e. The van der Waals surface area contributed by atoms with E-state index in [2.05, 4.69) is 15.5 Å². The van der Waals surface area contributed by atoms with Crippen LogP contribution in [0.4, 0.5) is 11.4 Å². The van der Waals surface area contributed by atoms with E-state index in [0.717, 1.165) is 47.5 Å². The van der Waals surface area contributed by atoms with Crippen LogP contribution in [0.3, 0.4) is 0 Å². The number of carbonyl (C=O) groups excluding carboxylic acids is 2. The van der Waals surface area contributed by atoms with Gasteiger partial charge in [0, 0.05) is 50.5 Å². The molecular formula is C26H31ClN4O5S2. The number of nitrogens with zero attached hydrogens (tertiary/aromatic N) is 2. The Labute approximate surface area is 232 Å². The minimum absolute atomic E-state index is 0.0328. The van der Waals surface area contributed by atoms with Crippen molar-refractivity contribution in [1.29, 1.82) is 0 Å². The highest BCUT2D eigenvalue weighted by molar-refractivity contribution is 7.93. The Hall–Kier alpha value is -2.86. The molecule has 4 rings (SSSR count). The monoisotopic (exact) mass is 578 g/mol. The number of halogens is 1. The summed E-state index contributed by atoms with van der Waals surface area (Å²) in [6.45, 7) is 7.34. The zero-order valence-electron chi connectivity index (χ0n) is 21.4. The van der Waals surface area contributed by atoms with Crippen LogP contribution in [-0.4, -0.2) is 60.1 Å². The van der Waals surface area contributed by atoms with Gasteiger partial charge < -0.3 is 20.3 Å². The lowest BCUT2D eigenvalue weighted by molar-refractivity contribution is -0.147. The van der Waals surface area contributed by atoms with E-state index in [9.17, 15) is 18.0 Å². The summed E-state index contributed by atoms with van der Waals surface area (Å²) in [5, 5.41) is 6.09. The normalized spacial score (nSPS) is 19.6. The molecule has 38 heavy (non-hydrogen) atoms. The molecule has 2 atom stereocenters. The number of carbonyl (C=O) groups is 2. The molecule has 12 heteroatoms. The number of nitrogens with one attached hydrogen (secondary N) is 2. The molecule has 0 spiro atoms. The molecule has 2 aromatic rings. The Kier molecular flexibility index (Phi) is 8.81. The van der Waals surface area contributed by atoms with E-state index in [4.69, 9.17) is 16.3 Å². The molecule has 1 saturated heterocycles. The van der Waals surface area contributed by atoms with Gasteiger partial charge in [-0.05, 0) is 43.3 Å². The van der Waals surface area contributed by atoms with Crippen LogP contribution in [0.5, 0.6) is 0 Å². The van der Waals surface area contributed by atoms with Crippen molar-refractivity contribution < 1.29 is 22.7 Å². The average Bonchev–Trinajstić information content (AvgIpc) is 3.33. The molecule has 9 nitrogen and oxygen atoms in total. The van der Waals surface area contributed by atoms with Gasteiger partial charge in [-0.1, -0.05) is 30.7 Å². The van der Waals surface area contributed by atoms with Gasteiger partial charge in [0.15, 0.2) is 0 Å². The Morgan fingerprint density at radius 1 is 1.24 bits per heavy atom. The summed E-state index contributed by atoms with van der Waals surface area (Å²) in [6, 6.07) is 8.58. The lowest BCUT2D eigenvalue weighted by Gasteiger charge is -2.30. The van der Waals surface area contributed by atoms with E-state index >= 15 is 0 Å². The molecule has 1 aliphatic heterocycles. The van der Waals surface area contributed by atoms with Crippen molar-refractivity contribution in [2.24, 2.45) is 11.8 Å². The van der Waals surface area contributed by atoms with Crippen molar-refractivity contribution in [3.63, 3.8) is 0 Å². The molecule has 0 saturated carbocycles. The fraction of sp³-hybridized carbons (Fsp3) is 0.385. The molecule has 2 N–H and O–H groups in total. The van der Waals surface area contributed by atoms with Crippen LogP contribution in [0.1, 0.15) is 23.5 Å². The van der Waals surface area contributed by atoms with Crippen LogP contribution in [0, 0.1) is 11.8 Å². The molecule has 1 amide bonds. The predicted octanol–water partition coefficient (Wildman–Crippen LogP) is 3.64. The van der Waals surface area contributed by atoms with Crippen LogP contribution < -0.4 is 19.8 Å². The van der Waals surface area contributed by atoms with Gasteiger partial charge in [-0.3, -0.25) is 13.9 Å². The van der Waals surface area contributed by atoms with Crippen LogP contribution >= 0.6 is 22.9 Å². The lowest BCUT2D eigenvalue weighted by atomic mass is 9.87. The molecule has 2 aliphatic rings. The number of thiophene rings is 1. The Morgan fingerprint density at radius 2 is 1.92 bits per heavy atom. The SMILES string of the molecule is CCOC(=O)C1C=CC=C(NC(=O)c2sc(Cl)cc2S(=O)(=O)N(C)c2ccc(N3CCNCC3)cc2)C1C. The summed E-state index contributed by atoms with van der Waals surface area (Å²) in [7, 11) is -2.66. The summed E-state index contributed by atoms with van der Waals surface area (Å²) >= 11 is 7.09. The molecule has 1 aliphatic carbocycles. The smallest absolute Gasteiger partial charge is 0.313 e. The molecule has 204 valence electrons. The molecule has 1 aromatic heterocycles. The van der Waals surface area contributed by atoms with E-state index < -0.39 is 21.8 Å². The van der Waals surface area contributed by atoms with Crippen LogP contribution in [0.15, 0.2) is 59.2 Å². The van der Waals surface area contributed by atoms with Crippen LogP contribution in [-0.2, 0) is 19.6 Å². The van der Waals surface area contributed by atoms with Gasteiger partial charge in [0.25, 0.3) is 15.9 Å². The van der Waals surface area contributed by atoms with Gasteiger partial charge in [-0.2, -0.15) is 0 Å². The van der Waals surface area contributed by atoms with E-state index in [1.807, 2.05) is 12.1 Å². The molecule has 0 radical (unpaired) electrons. The third-order valence-corrected chi connectivity index (χ3v) is 9.85. The highest BCUT2D eigenvalue weighted by atomic mass is 35.5. The van der Waals surface area contributed by atoms with Crippen molar-refractivity contribution in [3.05, 3.63) is 63.5 Å². The molecule has 1 fully saturated rings. The number of anilines is 2. The number of piperazine rings is 1. The van der Waals surface area contributed by atoms with E-state index in [1.165, 1.54) is 13.1 Å². The zero-order valence-corrected chi connectivity index (χ0v) is 23.8. The van der Waals surface area contributed by atoms with Crippen molar-refractivity contribution in [2.75, 3.05) is 49.0 Å². The maximum absolute atomic E-state index is 13.6. The quantitative estimate of drug-likeness (QED) is 0.461. The number of allylic oxidation sites excluding steroid dienone is 3. The first kappa shape index (κ1) is 28.2. The minimum atomic E-state index is -4.10. The van der Waals surface area contributed by atoms with Gasteiger partial charge in [-0.15, -0.1) is 11.3 Å². The molecule has 1 aromatic carbocycles. The topological polar surface area (TPSA) is 108 Å². The van der Waals surface area contributed by atoms with Gasteiger partial charge in [0.05, 0.1) is 22.5 Å². The number of ether oxygens (including phenoxy) is 1. The highest BCUT2D eigenvalue weighted by Crippen LogP contribution is 2.35. The van der Waals surface area contributed by atoms with Gasteiger partial charge in [0.1, 0.15) is 9.77 Å². The van der Waals surface area contributed by atoms with E-state index in [0.29, 0.717) is 11.4 Å². The van der Waals surface area contributed by atoms with Crippen molar-refractivity contribution >= 4 is 56.2 Å². The van der Waals surface area contributed by atoms with Gasteiger partial charge in [-0.25, -0.2) is 8.42 Å². The first-order chi connectivity index (χ1) is 18.1. The predicted molar refractivity (Wildman–Crippen MR) is 150 cm³/mol. The fourth-order valence-electron chi connectivity index (χ4n) is 4.43. The number of hydrogen-bond donors (Lipinski definition) is 2. The van der Waals surface area contributed by atoms with Crippen LogP contribution in [0.25, 0.3) is 0 Å². The molecule has 2 unspecified atom stereocenters. The fourth-order valence-corrected chi connectivity index (χ4v) is 7.32. The third kappa shape index (κ3) is 5.90. The number of esters is 1. The Bertz CT molecular complexity index is 1350. The number of sulfonamides is 1. The summed E-state index contributed by atoms with van der Waals surface area (Å²) < 4.78 is 33.7. The van der Waals surface area contributed by atoms with E-state index in [1.54, 1.807) is 44.2 Å². The number of amides is 1. The number of hydrogen-bond acceptors (Lipinski definition) is 8. The third-order valence-electron chi connectivity index (χ3n) is 6.65. The summed E-state index contributed by atoms with van der Waals surface area (Å²) in [6.07, 6.45) is 5.08. The van der Waals surface area contributed by atoms with Crippen molar-refractivity contribution in [3.8, 4) is 0 Å². The van der Waals surface area contributed by atoms with Crippen molar-refractivity contribution in [1.82, 2.24) is 10.6 Å².